The fourth-order valence-electron chi connectivity index (χ4n) is 8.00. The zero-order valence-electron chi connectivity index (χ0n) is 33.4. The number of ether oxygens (including phenoxy) is 2. The predicted molar refractivity (Wildman–Crippen MR) is 239 cm³/mol. The molecule has 0 amide bonds. The van der Waals surface area contributed by atoms with E-state index in [1.54, 1.807) is 0 Å². The van der Waals surface area contributed by atoms with Gasteiger partial charge in [-0.2, -0.15) is 10.2 Å². The first kappa shape index (κ1) is 38.7. The van der Waals surface area contributed by atoms with Crippen molar-refractivity contribution in [1.29, 1.82) is 0 Å². The average Bonchev–Trinajstić information content (AvgIpc) is 3.95. The Balaban J connectivity index is 0.697. The van der Waals surface area contributed by atoms with Crippen molar-refractivity contribution in [2.45, 2.75) is 76.3 Å². The molecule has 0 saturated heterocycles. The van der Waals surface area contributed by atoms with Crippen molar-refractivity contribution in [3.63, 3.8) is 0 Å². The van der Waals surface area contributed by atoms with E-state index in [0.717, 1.165) is 73.2 Å². The lowest BCUT2D eigenvalue weighted by molar-refractivity contribution is 0.301. The molecule has 294 valence electrons. The Morgan fingerprint density at radius 3 is 1.07 bits per heavy atom. The van der Waals surface area contributed by atoms with E-state index in [1.165, 1.54) is 60.8 Å². The van der Waals surface area contributed by atoms with E-state index in [2.05, 4.69) is 180 Å². The highest BCUT2D eigenvalue weighted by Gasteiger charge is 2.31. The molecule has 8 rings (SSSR count). The zero-order chi connectivity index (χ0) is 39.2. The summed E-state index contributed by atoms with van der Waals surface area (Å²) in [5.41, 5.74) is 9.30. The molecule has 0 bridgehead atoms. The summed E-state index contributed by atoms with van der Waals surface area (Å²) in [5.74, 6) is 1.87. The molecule has 0 spiro atoms. The Labute approximate surface area is 344 Å². The van der Waals surface area contributed by atoms with Crippen LogP contribution in [0.4, 0.5) is 11.4 Å². The summed E-state index contributed by atoms with van der Waals surface area (Å²) in [5, 5.41) is 14.5. The Morgan fingerprint density at radius 2 is 0.707 bits per heavy atom. The van der Waals surface area contributed by atoms with Crippen molar-refractivity contribution in [2.75, 3.05) is 23.2 Å². The molecule has 0 fully saturated rings. The Kier molecular flexibility index (Phi) is 13.2. The first-order chi connectivity index (χ1) is 28.8. The highest BCUT2D eigenvalue weighted by atomic mass is 16.5. The molecule has 2 aliphatic rings. The van der Waals surface area contributed by atoms with Gasteiger partial charge in [-0.1, -0.05) is 160 Å². The number of nitrogens with zero attached hydrogens (tertiary/aromatic N) is 4. The van der Waals surface area contributed by atoms with E-state index in [4.69, 9.17) is 19.7 Å². The standard InChI is InChI=1S/C52H54N4O2/c1(3-5-19-37-57-47-33-29-43(30-34-47)51-39-49(41-21-11-7-12-22-41)53-55(51)45-25-15-9-16-26-45)2-4-6-20-38-58-48-35-31-44(32-36-48)52-40-50(42-23-13-8-14-24-42)54-56(52)46-27-17-10-18-28-46/h7-18,21-36,51-52H,1-6,19-20,37-40H2. The van der Waals surface area contributed by atoms with Crippen LogP contribution in [0, 0.1) is 0 Å². The molecule has 6 aromatic carbocycles. The van der Waals surface area contributed by atoms with Gasteiger partial charge >= 0.3 is 0 Å². The summed E-state index contributed by atoms with van der Waals surface area (Å²) >= 11 is 0. The summed E-state index contributed by atoms with van der Waals surface area (Å²) in [7, 11) is 0. The predicted octanol–water partition coefficient (Wildman–Crippen LogP) is 13.0. The molecule has 0 radical (unpaired) electrons. The summed E-state index contributed by atoms with van der Waals surface area (Å²) < 4.78 is 12.3. The molecule has 6 heteroatoms. The summed E-state index contributed by atoms with van der Waals surface area (Å²) in [6.07, 6.45) is 11.4. The van der Waals surface area contributed by atoms with Crippen molar-refractivity contribution in [3.8, 4) is 11.5 Å². The minimum absolute atomic E-state index is 0.150. The number of benzene rings is 6. The van der Waals surface area contributed by atoms with E-state index in [0.29, 0.717) is 0 Å². The fourth-order valence-corrected chi connectivity index (χ4v) is 8.00. The molecule has 2 atom stereocenters. The average molecular weight is 767 g/mol. The van der Waals surface area contributed by atoms with E-state index in [-0.39, 0.29) is 12.1 Å². The summed E-state index contributed by atoms with van der Waals surface area (Å²) in [6.45, 7) is 1.51. The lowest BCUT2D eigenvalue weighted by Crippen LogP contribution is -2.18. The van der Waals surface area contributed by atoms with Gasteiger partial charge in [-0.15, -0.1) is 0 Å². The topological polar surface area (TPSA) is 49.7 Å². The van der Waals surface area contributed by atoms with Gasteiger partial charge in [-0.25, -0.2) is 0 Å². The number of unbranched alkanes of at least 4 members (excludes halogenated alkanes) is 7. The molecule has 0 aromatic heterocycles. The normalized spacial score (nSPS) is 16.3. The molecule has 58 heavy (non-hydrogen) atoms. The number of hydrogen-bond donors (Lipinski definition) is 0. The van der Waals surface area contributed by atoms with Crippen molar-refractivity contribution in [2.24, 2.45) is 10.2 Å². The molecule has 0 saturated carbocycles. The maximum Gasteiger partial charge on any atom is 0.119 e. The number of hydrazone groups is 2. The van der Waals surface area contributed by atoms with E-state index >= 15 is 0 Å². The maximum atomic E-state index is 6.15. The molecule has 2 aliphatic heterocycles. The quantitative estimate of drug-likeness (QED) is 0.0771. The second-order valence-corrected chi connectivity index (χ2v) is 15.3. The summed E-state index contributed by atoms with van der Waals surface area (Å²) in [6, 6.07) is 59.5. The van der Waals surface area contributed by atoms with Crippen LogP contribution in [0.1, 0.15) is 98.5 Å². The van der Waals surface area contributed by atoms with E-state index in [1.807, 2.05) is 0 Å². The third-order valence-corrected chi connectivity index (χ3v) is 11.2. The second kappa shape index (κ2) is 19.8. The van der Waals surface area contributed by atoms with Crippen LogP contribution in [-0.2, 0) is 0 Å². The molecular weight excluding hydrogens is 713 g/mol. The van der Waals surface area contributed by atoms with Gasteiger partial charge in [0.15, 0.2) is 0 Å². The van der Waals surface area contributed by atoms with E-state index in [9.17, 15) is 0 Å². The number of anilines is 2. The third kappa shape index (κ3) is 10.0. The lowest BCUT2D eigenvalue weighted by atomic mass is 9.98. The SMILES string of the molecule is c1ccc(C2=NN(c3ccccc3)C(c3ccc(OCCCCCCCCCCOc4ccc(C5CC(c6ccccc6)=NN5c5ccccc5)cc4)cc3)C2)cc1. The first-order valence-electron chi connectivity index (χ1n) is 21.2. The summed E-state index contributed by atoms with van der Waals surface area (Å²) in [4.78, 5) is 0. The zero-order valence-corrected chi connectivity index (χ0v) is 33.4. The highest BCUT2D eigenvalue weighted by Crippen LogP contribution is 2.38. The van der Waals surface area contributed by atoms with Gasteiger partial charge in [-0.05, 0) is 83.6 Å². The maximum absolute atomic E-state index is 6.15. The van der Waals surface area contributed by atoms with Gasteiger partial charge in [0.2, 0.25) is 0 Å². The van der Waals surface area contributed by atoms with Crippen molar-refractivity contribution >= 4 is 22.8 Å². The van der Waals surface area contributed by atoms with Crippen LogP contribution < -0.4 is 19.5 Å². The van der Waals surface area contributed by atoms with Crippen LogP contribution in [0.15, 0.2) is 180 Å². The molecular formula is C52H54N4O2. The van der Waals surface area contributed by atoms with Gasteiger partial charge in [0.05, 0.1) is 48.1 Å². The minimum Gasteiger partial charge on any atom is -0.494 e. The molecule has 6 aromatic rings. The van der Waals surface area contributed by atoms with Gasteiger partial charge in [0, 0.05) is 12.8 Å². The molecule has 2 heterocycles. The third-order valence-electron chi connectivity index (χ3n) is 11.2. The van der Waals surface area contributed by atoms with Gasteiger partial charge in [0.25, 0.3) is 0 Å². The van der Waals surface area contributed by atoms with Crippen molar-refractivity contribution in [1.82, 2.24) is 0 Å². The monoisotopic (exact) mass is 766 g/mol. The van der Waals surface area contributed by atoms with Crippen LogP contribution in [0.25, 0.3) is 0 Å². The van der Waals surface area contributed by atoms with Crippen molar-refractivity contribution in [3.05, 3.63) is 192 Å². The molecule has 6 nitrogen and oxygen atoms in total. The van der Waals surface area contributed by atoms with Crippen LogP contribution in [-0.4, -0.2) is 24.6 Å². The Morgan fingerprint density at radius 1 is 0.379 bits per heavy atom. The Bertz CT molecular complexity index is 2030. The van der Waals surface area contributed by atoms with Crippen LogP contribution in [0.3, 0.4) is 0 Å². The fraction of sp³-hybridized carbons (Fsp3) is 0.269. The second-order valence-electron chi connectivity index (χ2n) is 15.3. The number of rotatable bonds is 19. The highest BCUT2D eigenvalue weighted by molar-refractivity contribution is 6.04. The Hall–Kier alpha value is -6.14. The number of hydrogen-bond acceptors (Lipinski definition) is 6. The molecule has 0 aliphatic carbocycles. The van der Waals surface area contributed by atoms with Gasteiger partial charge in [-0.3, -0.25) is 10.0 Å². The smallest absolute Gasteiger partial charge is 0.119 e. The first-order valence-corrected chi connectivity index (χ1v) is 21.2. The number of para-hydroxylation sites is 2. The van der Waals surface area contributed by atoms with Crippen molar-refractivity contribution < 1.29 is 9.47 Å². The van der Waals surface area contributed by atoms with Gasteiger partial charge in [0.1, 0.15) is 11.5 Å². The van der Waals surface area contributed by atoms with Crippen LogP contribution >= 0.6 is 0 Å². The van der Waals surface area contributed by atoms with Crippen LogP contribution in [0.2, 0.25) is 0 Å². The largest absolute Gasteiger partial charge is 0.494 e. The van der Waals surface area contributed by atoms with Crippen LogP contribution in [0.5, 0.6) is 11.5 Å². The van der Waals surface area contributed by atoms with Gasteiger partial charge < -0.3 is 9.47 Å². The lowest BCUT2D eigenvalue weighted by Gasteiger charge is -2.24. The minimum atomic E-state index is 0.150. The molecule has 0 N–H and O–H groups in total. The molecule has 2 unspecified atom stereocenters. The van der Waals surface area contributed by atoms with E-state index < -0.39 is 0 Å².